The number of hydrogen-bond acceptors (Lipinski definition) is 7. The van der Waals surface area contributed by atoms with E-state index in [-0.39, 0.29) is 30.2 Å². The average molecular weight is 485 g/mol. The van der Waals surface area contributed by atoms with Gasteiger partial charge < -0.3 is 26.5 Å². The molecule has 2 unspecified atom stereocenters. The second-order valence-corrected chi connectivity index (χ2v) is 8.32. The molecule has 0 radical (unpaired) electrons. The Morgan fingerprint density at radius 3 is 1.46 bits per heavy atom. The SMILES string of the molecule is CC(=O)CC(=O)c1ccc(CC(N)C(=O)O)cc1.CC(=O)CCc1ccc(CC(N)C(=O)O)cc1. The van der Waals surface area contributed by atoms with Crippen LogP contribution in [0.5, 0.6) is 0 Å². The Hall–Kier alpha value is -3.69. The van der Waals surface area contributed by atoms with Crippen LogP contribution >= 0.6 is 0 Å². The van der Waals surface area contributed by atoms with E-state index >= 15 is 0 Å². The molecule has 35 heavy (non-hydrogen) atoms. The minimum atomic E-state index is -1.06. The first-order valence-corrected chi connectivity index (χ1v) is 11.0. The van der Waals surface area contributed by atoms with Crippen LogP contribution in [0.4, 0.5) is 0 Å². The van der Waals surface area contributed by atoms with Gasteiger partial charge in [0.1, 0.15) is 23.7 Å². The molecule has 2 aromatic rings. The van der Waals surface area contributed by atoms with Crippen molar-refractivity contribution in [1.82, 2.24) is 0 Å². The van der Waals surface area contributed by atoms with Gasteiger partial charge >= 0.3 is 11.9 Å². The quantitative estimate of drug-likeness (QED) is 0.259. The lowest BCUT2D eigenvalue weighted by molar-refractivity contribution is -0.139. The van der Waals surface area contributed by atoms with Gasteiger partial charge in [-0.25, -0.2) is 0 Å². The van der Waals surface area contributed by atoms with Gasteiger partial charge in [0.05, 0.1) is 6.42 Å². The highest BCUT2D eigenvalue weighted by Crippen LogP contribution is 2.10. The van der Waals surface area contributed by atoms with Crippen LogP contribution in [0.3, 0.4) is 0 Å². The normalized spacial score (nSPS) is 12.0. The lowest BCUT2D eigenvalue weighted by atomic mass is 10.0. The predicted molar refractivity (Wildman–Crippen MR) is 130 cm³/mol. The van der Waals surface area contributed by atoms with E-state index in [0.717, 1.165) is 23.1 Å². The molecular weight excluding hydrogens is 452 g/mol. The van der Waals surface area contributed by atoms with E-state index in [1.54, 1.807) is 31.2 Å². The molecule has 2 aromatic carbocycles. The van der Waals surface area contributed by atoms with Crippen molar-refractivity contribution in [2.45, 2.75) is 58.0 Å². The number of hydrogen-bond donors (Lipinski definition) is 4. The van der Waals surface area contributed by atoms with Gasteiger partial charge in [-0.05, 0) is 49.8 Å². The summed E-state index contributed by atoms with van der Waals surface area (Å²) in [5.41, 5.74) is 14.0. The molecule has 0 amide bonds. The molecule has 6 N–H and O–H groups in total. The predicted octanol–water partition coefficient (Wildman–Crippen LogP) is 1.97. The van der Waals surface area contributed by atoms with E-state index in [4.69, 9.17) is 21.7 Å². The Kier molecular flexibility index (Phi) is 12.2. The summed E-state index contributed by atoms with van der Waals surface area (Å²) in [4.78, 5) is 54.4. The zero-order chi connectivity index (χ0) is 26.5. The number of ketones is 3. The van der Waals surface area contributed by atoms with Gasteiger partial charge in [0.15, 0.2) is 5.78 Å². The third kappa shape index (κ3) is 11.8. The number of aliphatic carboxylic acids is 2. The first kappa shape index (κ1) is 29.3. The highest BCUT2D eigenvalue weighted by atomic mass is 16.4. The van der Waals surface area contributed by atoms with Crippen molar-refractivity contribution in [2.24, 2.45) is 11.5 Å². The number of carbonyl (C=O) groups is 5. The maximum absolute atomic E-state index is 11.6. The van der Waals surface area contributed by atoms with Crippen molar-refractivity contribution in [3.63, 3.8) is 0 Å². The molecule has 0 aliphatic rings. The Labute approximate surface area is 204 Å². The molecule has 188 valence electrons. The topological polar surface area (TPSA) is 178 Å². The highest BCUT2D eigenvalue weighted by molar-refractivity contribution is 6.07. The van der Waals surface area contributed by atoms with Gasteiger partial charge in [0.25, 0.3) is 0 Å². The van der Waals surface area contributed by atoms with E-state index < -0.39 is 24.0 Å². The molecule has 9 nitrogen and oxygen atoms in total. The van der Waals surface area contributed by atoms with Gasteiger partial charge in [0.2, 0.25) is 0 Å². The molecule has 9 heteroatoms. The van der Waals surface area contributed by atoms with Crippen LogP contribution in [-0.4, -0.2) is 51.6 Å². The lowest BCUT2D eigenvalue weighted by Crippen LogP contribution is -2.32. The highest BCUT2D eigenvalue weighted by Gasteiger charge is 2.13. The van der Waals surface area contributed by atoms with Crippen LogP contribution in [0.1, 0.15) is 53.7 Å². The molecule has 0 aliphatic carbocycles. The number of rotatable bonds is 12. The molecular formula is C26H32N2O7. The van der Waals surface area contributed by atoms with E-state index in [0.29, 0.717) is 18.4 Å². The summed E-state index contributed by atoms with van der Waals surface area (Å²) in [5.74, 6) is -2.31. The van der Waals surface area contributed by atoms with Gasteiger partial charge in [-0.3, -0.25) is 19.2 Å². The van der Waals surface area contributed by atoms with Crippen molar-refractivity contribution >= 4 is 29.3 Å². The van der Waals surface area contributed by atoms with E-state index in [1.165, 1.54) is 6.92 Å². The van der Waals surface area contributed by atoms with E-state index in [1.807, 2.05) is 24.3 Å². The Balaban J connectivity index is 0.000000351. The molecule has 0 aliphatic heterocycles. The van der Waals surface area contributed by atoms with Gasteiger partial charge in [0, 0.05) is 12.0 Å². The number of carboxylic acids is 2. The smallest absolute Gasteiger partial charge is 0.320 e. The molecule has 0 fully saturated rings. The number of nitrogens with two attached hydrogens (primary N) is 2. The maximum Gasteiger partial charge on any atom is 0.320 e. The van der Waals surface area contributed by atoms with Crippen molar-refractivity contribution in [3.05, 3.63) is 70.8 Å². The fraction of sp³-hybridized carbons (Fsp3) is 0.346. The van der Waals surface area contributed by atoms with Crippen LogP contribution in [0.2, 0.25) is 0 Å². The van der Waals surface area contributed by atoms with Crippen LogP contribution in [0, 0.1) is 0 Å². The average Bonchev–Trinajstić information content (AvgIpc) is 2.78. The number of carboxylic acid groups (broad SMARTS) is 2. The van der Waals surface area contributed by atoms with E-state index in [2.05, 4.69) is 0 Å². The fourth-order valence-electron chi connectivity index (χ4n) is 3.00. The lowest BCUT2D eigenvalue weighted by Gasteiger charge is -2.07. The number of benzene rings is 2. The zero-order valence-corrected chi connectivity index (χ0v) is 19.9. The van der Waals surface area contributed by atoms with E-state index in [9.17, 15) is 24.0 Å². The van der Waals surface area contributed by atoms with Crippen molar-refractivity contribution in [2.75, 3.05) is 0 Å². The van der Waals surface area contributed by atoms with Crippen molar-refractivity contribution in [1.29, 1.82) is 0 Å². The fourth-order valence-corrected chi connectivity index (χ4v) is 3.00. The van der Waals surface area contributed by atoms with Crippen LogP contribution in [0.15, 0.2) is 48.5 Å². The first-order chi connectivity index (χ1) is 16.4. The molecule has 0 spiro atoms. The zero-order valence-electron chi connectivity index (χ0n) is 19.9. The summed E-state index contributed by atoms with van der Waals surface area (Å²) in [7, 11) is 0. The molecule has 0 saturated carbocycles. The minimum absolute atomic E-state index is 0.117. The van der Waals surface area contributed by atoms with Crippen LogP contribution < -0.4 is 11.5 Å². The first-order valence-electron chi connectivity index (χ1n) is 11.0. The minimum Gasteiger partial charge on any atom is -0.480 e. The largest absolute Gasteiger partial charge is 0.480 e. The monoisotopic (exact) mass is 484 g/mol. The van der Waals surface area contributed by atoms with Crippen molar-refractivity contribution < 1.29 is 34.2 Å². The second kappa shape index (κ2) is 14.5. The van der Waals surface area contributed by atoms with Crippen LogP contribution in [0.25, 0.3) is 0 Å². The number of Topliss-reactive ketones (excluding diaryl/α,β-unsaturated/α-hetero) is 3. The maximum atomic E-state index is 11.6. The molecule has 0 saturated heterocycles. The number of carbonyl (C=O) groups excluding carboxylic acids is 3. The summed E-state index contributed by atoms with van der Waals surface area (Å²) in [6, 6.07) is 12.2. The standard InChI is InChI=1S/C13H15NO4.C13H17NO3/c1-8(15)6-12(16)10-4-2-9(3-5-10)7-11(14)13(17)18;1-9(15)2-3-10-4-6-11(7-5-10)8-12(14)13(16)17/h2-5,11H,6-7,14H2,1H3,(H,17,18);4-7,12H,2-3,8,14H2,1H3,(H,16,17). The second-order valence-electron chi connectivity index (χ2n) is 8.32. The summed E-state index contributed by atoms with van der Waals surface area (Å²) in [6.07, 6.45) is 1.67. The van der Waals surface area contributed by atoms with Gasteiger partial charge in [-0.1, -0.05) is 48.5 Å². The van der Waals surface area contributed by atoms with Crippen LogP contribution in [-0.2, 0) is 38.4 Å². The Bertz CT molecular complexity index is 1030. The third-order valence-electron chi connectivity index (χ3n) is 5.02. The Morgan fingerprint density at radius 2 is 1.09 bits per heavy atom. The van der Waals surface area contributed by atoms with Crippen molar-refractivity contribution in [3.8, 4) is 0 Å². The van der Waals surface area contributed by atoms with Gasteiger partial charge in [-0.15, -0.1) is 0 Å². The van der Waals surface area contributed by atoms with Gasteiger partial charge in [-0.2, -0.15) is 0 Å². The molecule has 0 bridgehead atoms. The summed E-state index contributed by atoms with van der Waals surface area (Å²) in [6.45, 7) is 2.93. The summed E-state index contributed by atoms with van der Waals surface area (Å²) < 4.78 is 0. The Morgan fingerprint density at radius 1 is 0.686 bits per heavy atom. The molecule has 2 rings (SSSR count). The number of aryl methyl sites for hydroxylation is 1. The molecule has 0 heterocycles. The summed E-state index contributed by atoms with van der Waals surface area (Å²) >= 11 is 0. The molecule has 2 atom stereocenters. The molecule has 0 aromatic heterocycles. The third-order valence-corrected chi connectivity index (χ3v) is 5.02. The summed E-state index contributed by atoms with van der Waals surface area (Å²) in [5, 5.41) is 17.3.